The quantitative estimate of drug-likeness (QED) is 0.0560. The van der Waals surface area contributed by atoms with E-state index in [1.54, 1.807) is 0 Å². The van der Waals surface area contributed by atoms with Crippen molar-refractivity contribution in [1.82, 2.24) is 0 Å². The number of hydrogen-bond acceptors (Lipinski definition) is 1. The first-order valence-corrected chi connectivity index (χ1v) is 17.1. The zero-order valence-corrected chi connectivity index (χ0v) is 26.0. The molecule has 0 aromatic rings. The van der Waals surface area contributed by atoms with Crippen molar-refractivity contribution in [2.75, 3.05) is 0 Å². The number of allylic oxidation sites excluding steroid dienone is 8. The summed E-state index contributed by atoms with van der Waals surface area (Å²) in [4.78, 5) is 0. The molecule has 0 unspecified atom stereocenters. The fourth-order valence-corrected chi connectivity index (χ4v) is 4.88. The molecule has 1 N–H and O–H groups in total. The van der Waals surface area contributed by atoms with Crippen LogP contribution in [-0.2, 0) is 0 Å². The van der Waals surface area contributed by atoms with Gasteiger partial charge in [-0.25, -0.2) is 0 Å². The van der Waals surface area contributed by atoms with Crippen LogP contribution in [-0.4, -0.2) is 11.9 Å². The number of hydrogen-bond donors (Lipinski definition) is 1. The minimum atomic E-state index is -0.0633. The number of rotatable bonds is 30. The fourth-order valence-electron chi connectivity index (χ4n) is 4.88. The maximum atomic E-state index is 10.3. The van der Waals surface area contributed by atoms with E-state index in [1.165, 1.54) is 141 Å². The van der Waals surface area contributed by atoms with E-state index < -0.39 is 0 Å². The van der Waals surface area contributed by atoms with Gasteiger partial charge < -0.3 is 5.02 Å². The predicted octanol–water partition coefficient (Wildman–Crippen LogP) is 12.6. The first-order valence-electron chi connectivity index (χ1n) is 17.1. The van der Waals surface area contributed by atoms with Gasteiger partial charge in [0.05, 0.1) is 0 Å². The zero-order valence-electron chi connectivity index (χ0n) is 26.0. The lowest BCUT2D eigenvalue weighted by molar-refractivity contribution is 0.539. The minimum Gasteiger partial charge on any atom is -0.450 e. The van der Waals surface area contributed by atoms with Crippen LogP contribution in [0.4, 0.5) is 0 Å². The van der Waals surface area contributed by atoms with Crippen molar-refractivity contribution in [3.8, 4) is 0 Å². The average Bonchev–Trinajstić information content (AvgIpc) is 2.92. The van der Waals surface area contributed by atoms with Gasteiger partial charge in [0.25, 0.3) is 6.92 Å². The molecule has 0 radical (unpaired) electrons. The molecule has 0 amide bonds. The van der Waals surface area contributed by atoms with Gasteiger partial charge in [0.15, 0.2) is 0 Å². The van der Waals surface area contributed by atoms with Crippen LogP contribution in [0.1, 0.15) is 168 Å². The summed E-state index contributed by atoms with van der Waals surface area (Å²) in [6, 6.07) is 0. The first-order chi connectivity index (χ1) is 18.8. The van der Waals surface area contributed by atoms with E-state index in [0.29, 0.717) is 0 Å². The zero-order chi connectivity index (χ0) is 27.6. The third kappa shape index (κ3) is 33.0. The summed E-state index contributed by atoms with van der Waals surface area (Å²) in [6.45, 7) is 4.46. The van der Waals surface area contributed by atoms with E-state index >= 15 is 0 Å². The van der Waals surface area contributed by atoms with Crippen LogP contribution < -0.4 is 0 Å². The maximum absolute atomic E-state index is 10.3. The second-order valence-corrected chi connectivity index (χ2v) is 11.4. The lowest BCUT2D eigenvalue weighted by atomic mass is 9.60. The molecule has 0 spiro atoms. The molecule has 0 aliphatic carbocycles. The molecular weight excluding hydrogens is 459 g/mol. The van der Waals surface area contributed by atoms with Gasteiger partial charge in [-0.15, -0.1) is 0 Å². The van der Waals surface area contributed by atoms with E-state index in [4.69, 9.17) is 0 Å². The summed E-state index contributed by atoms with van der Waals surface area (Å²) in [7, 11) is 0. The van der Waals surface area contributed by atoms with Crippen LogP contribution in [0, 0.1) is 0 Å². The van der Waals surface area contributed by atoms with Crippen molar-refractivity contribution >= 4 is 6.92 Å². The summed E-state index contributed by atoms with van der Waals surface area (Å²) in [6.07, 6.45) is 51.6. The smallest absolute Gasteiger partial charge is 0.288 e. The summed E-state index contributed by atoms with van der Waals surface area (Å²) >= 11 is 0. The van der Waals surface area contributed by atoms with Crippen molar-refractivity contribution < 1.29 is 5.02 Å². The highest BCUT2D eigenvalue weighted by molar-refractivity contribution is 6.50. The molecule has 220 valence electrons. The van der Waals surface area contributed by atoms with Crippen LogP contribution in [0.3, 0.4) is 0 Å². The molecule has 0 rings (SSSR count). The molecule has 0 aromatic carbocycles. The van der Waals surface area contributed by atoms with Gasteiger partial charge in [0, 0.05) is 0 Å². The molecule has 0 atom stereocenters. The molecule has 0 aromatic heterocycles. The molecule has 0 aliphatic heterocycles. The summed E-state index contributed by atoms with van der Waals surface area (Å²) < 4.78 is 0. The molecule has 0 saturated heterocycles. The van der Waals surface area contributed by atoms with Gasteiger partial charge in [-0.05, 0) is 76.8 Å². The molecule has 0 saturated carbocycles. The van der Waals surface area contributed by atoms with Crippen LogP contribution in [0.15, 0.2) is 48.6 Å². The Morgan fingerprint density at radius 2 is 0.658 bits per heavy atom. The highest BCUT2D eigenvalue weighted by Crippen LogP contribution is 2.15. The van der Waals surface area contributed by atoms with Gasteiger partial charge >= 0.3 is 0 Å². The van der Waals surface area contributed by atoms with Crippen LogP contribution in [0.2, 0.25) is 12.6 Å². The average molecular weight is 527 g/mol. The first kappa shape index (κ1) is 37.0. The Kier molecular flexibility index (Phi) is 33.1. The fraction of sp³-hybridized carbons (Fsp3) is 0.778. The van der Waals surface area contributed by atoms with Gasteiger partial charge in [0.1, 0.15) is 0 Å². The lowest BCUT2D eigenvalue weighted by Gasteiger charge is -2.07. The van der Waals surface area contributed by atoms with E-state index in [2.05, 4.69) is 62.5 Å². The maximum Gasteiger partial charge on any atom is 0.288 e. The topological polar surface area (TPSA) is 20.2 Å². The van der Waals surface area contributed by atoms with E-state index in [0.717, 1.165) is 25.5 Å². The Morgan fingerprint density at radius 3 is 1.00 bits per heavy atom. The molecule has 38 heavy (non-hydrogen) atoms. The molecule has 0 fully saturated rings. The van der Waals surface area contributed by atoms with Crippen LogP contribution in [0.5, 0.6) is 0 Å². The molecule has 0 aliphatic rings. The van der Waals surface area contributed by atoms with Crippen LogP contribution >= 0.6 is 0 Å². The summed E-state index contributed by atoms with van der Waals surface area (Å²) in [5, 5.41) is 10.3. The Labute approximate surface area is 240 Å². The second-order valence-electron chi connectivity index (χ2n) is 11.4. The van der Waals surface area contributed by atoms with Gasteiger partial charge in [-0.3, -0.25) is 0 Å². The normalized spacial score (nSPS) is 12.3. The van der Waals surface area contributed by atoms with Gasteiger partial charge in [0.2, 0.25) is 0 Å². The highest BCUT2D eigenvalue weighted by atomic mass is 16.2. The van der Waals surface area contributed by atoms with Crippen molar-refractivity contribution in [2.45, 2.75) is 181 Å². The molecule has 2 heteroatoms. The third-order valence-corrected chi connectivity index (χ3v) is 7.48. The Hall–Kier alpha value is -1.02. The Balaban J connectivity index is 3.29. The minimum absolute atomic E-state index is 0.0633. The number of unbranched alkanes of at least 4 members (excludes halogenated alkanes) is 18. The molecule has 0 bridgehead atoms. The lowest BCUT2D eigenvalue weighted by Crippen LogP contribution is -2.10. The molecule has 1 nitrogen and oxygen atoms in total. The summed E-state index contributed by atoms with van der Waals surface area (Å²) in [5.41, 5.74) is 0. The second kappa shape index (κ2) is 34.0. The molecular formula is C36H67BO. The standard InChI is InChI=1S/C36H67BO/c1-3-5-7-9-11-13-15-17-19-21-23-25-27-29-31-33-35-37(38)36-34-32-30-28-26-24-22-20-18-16-14-12-10-8-6-4-2/h11-14,17-20,38H,3-10,15-16,21-36H2,1-2H3/b13-11-,14-12-,19-17-,20-18-. The van der Waals surface area contributed by atoms with E-state index in [-0.39, 0.29) is 6.92 Å². The van der Waals surface area contributed by atoms with Crippen molar-refractivity contribution in [1.29, 1.82) is 0 Å². The van der Waals surface area contributed by atoms with Crippen molar-refractivity contribution in [3.05, 3.63) is 48.6 Å². The molecule has 0 heterocycles. The highest BCUT2D eigenvalue weighted by Gasteiger charge is 2.09. The predicted molar refractivity (Wildman–Crippen MR) is 176 cm³/mol. The SMILES string of the molecule is CCCCC/C=C\C/C=C\CCCCCCCCB(O)CCCCCCCC/C=C\C/C=C\CCCCC. The van der Waals surface area contributed by atoms with Crippen LogP contribution in [0.25, 0.3) is 0 Å². The van der Waals surface area contributed by atoms with E-state index in [1.807, 2.05) is 0 Å². The Bertz CT molecular complexity index is 500. The largest absolute Gasteiger partial charge is 0.450 e. The van der Waals surface area contributed by atoms with Crippen molar-refractivity contribution in [3.63, 3.8) is 0 Å². The van der Waals surface area contributed by atoms with E-state index in [9.17, 15) is 5.02 Å². The summed E-state index contributed by atoms with van der Waals surface area (Å²) in [5.74, 6) is 0. The van der Waals surface area contributed by atoms with Gasteiger partial charge in [-0.1, -0.05) is 152 Å². The monoisotopic (exact) mass is 527 g/mol. The third-order valence-electron chi connectivity index (χ3n) is 7.48. The van der Waals surface area contributed by atoms with Crippen molar-refractivity contribution in [2.24, 2.45) is 0 Å². The van der Waals surface area contributed by atoms with Gasteiger partial charge in [-0.2, -0.15) is 0 Å². The Morgan fingerprint density at radius 1 is 0.368 bits per heavy atom.